The van der Waals surface area contributed by atoms with Gasteiger partial charge < -0.3 is 19.9 Å². The van der Waals surface area contributed by atoms with Crippen molar-refractivity contribution >= 4 is 69.5 Å². The van der Waals surface area contributed by atoms with E-state index in [2.05, 4.69) is 15.5 Å². The lowest BCUT2D eigenvalue weighted by Gasteiger charge is -2.36. The quantitative estimate of drug-likeness (QED) is 0.265. The second-order valence-corrected chi connectivity index (χ2v) is 12.6. The number of halogens is 3. The highest BCUT2D eigenvalue weighted by Gasteiger charge is 2.33. The van der Waals surface area contributed by atoms with Crippen molar-refractivity contribution in [1.82, 2.24) is 10.2 Å². The summed E-state index contributed by atoms with van der Waals surface area (Å²) in [4.78, 5) is 12.1. The van der Waals surface area contributed by atoms with Crippen molar-refractivity contribution in [3.63, 3.8) is 0 Å². The number of hydrogen-bond donors (Lipinski definition) is 2. The zero-order valence-corrected chi connectivity index (χ0v) is 22.4. The van der Waals surface area contributed by atoms with Crippen molar-refractivity contribution in [3.05, 3.63) is 70.2 Å². The Hall–Kier alpha value is -1.43. The summed E-state index contributed by atoms with van der Waals surface area (Å²) in [5.41, 5.74) is 2.98. The molecule has 1 aliphatic heterocycles. The van der Waals surface area contributed by atoms with Gasteiger partial charge in [-0.05, 0) is 30.2 Å². The van der Waals surface area contributed by atoms with E-state index >= 15 is 0 Å². The number of benzene rings is 2. The average Bonchev–Trinajstić information content (AvgIpc) is 3.27. The van der Waals surface area contributed by atoms with E-state index < -0.39 is 16.0 Å². The summed E-state index contributed by atoms with van der Waals surface area (Å²) in [6, 6.07) is 14.7. The van der Waals surface area contributed by atoms with E-state index in [9.17, 15) is 9.90 Å². The Bertz CT molecular complexity index is 1160. The van der Waals surface area contributed by atoms with Crippen LogP contribution in [0, 0.1) is 6.92 Å². The smallest absolute Gasteiger partial charge is 0.276 e. The zero-order valence-electron chi connectivity index (χ0n) is 18.5. The molecule has 0 unspecified atom stereocenters. The summed E-state index contributed by atoms with van der Waals surface area (Å²) in [5, 5.41) is 21.1. The molecule has 186 valence electrons. The van der Waals surface area contributed by atoms with Crippen molar-refractivity contribution in [2.75, 3.05) is 11.1 Å². The Morgan fingerprint density at radius 3 is 2.60 bits per heavy atom. The molecule has 0 aliphatic carbocycles. The Labute approximate surface area is 226 Å². The molecule has 3 aromatic rings. The highest BCUT2D eigenvalue weighted by atomic mass is 35.6. The van der Waals surface area contributed by atoms with Gasteiger partial charge in [-0.1, -0.05) is 94.3 Å². The highest BCUT2D eigenvalue weighted by Crippen LogP contribution is 2.40. The third kappa shape index (κ3) is 7.30. The molecule has 2 heterocycles. The van der Waals surface area contributed by atoms with E-state index in [1.165, 1.54) is 0 Å². The monoisotopic (exact) mass is 573 g/mol. The topological polar surface area (TPSA) is 93.6 Å². The predicted octanol–water partition coefficient (Wildman–Crippen LogP) is 5.99. The van der Waals surface area contributed by atoms with Gasteiger partial charge in [-0.15, -0.1) is 10.2 Å². The van der Waals surface area contributed by atoms with Gasteiger partial charge in [-0.3, -0.25) is 4.79 Å². The van der Waals surface area contributed by atoms with Crippen molar-refractivity contribution in [2.24, 2.45) is 0 Å². The molecule has 1 saturated heterocycles. The van der Waals surface area contributed by atoms with Crippen LogP contribution in [0.25, 0.3) is 0 Å². The molecule has 2 N–H and O–H groups in total. The van der Waals surface area contributed by atoms with Gasteiger partial charge in [0.2, 0.25) is 0 Å². The second-order valence-electron chi connectivity index (χ2n) is 7.83. The van der Waals surface area contributed by atoms with Crippen LogP contribution in [0.1, 0.15) is 40.5 Å². The minimum Gasteiger partial charge on any atom is -0.392 e. The van der Waals surface area contributed by atoms with Gasteiger partial charge in [0.1, 0.15) is 5.01 Å². The van der Waals surface area contributed by atoms with Gasteiger partial charge in [0.25, 0.3) is 9.70 Å². The molecule has 0 bridgehead atoms. The van der Waals surface area contributed by atoms with Crippen LogP contribution in [-0.2, 0) is 20.9 Å². The predicted molar refractivity (Wildman–Crippen MR) is 139 cm³/mol. The van der Waals surface area contributed by atoms with Gasteiger partial charge in [0, 0.05) is 23.4 Å². The number of carbonyl (C=O) groups is 1. The summed E-state index contributed by atoms with van der Waals surface area (Å²) in [7, 11) is 0. The van der Waals surface area contributed by atoms with Crippen molar-refractivity contribution in [2.45, 2.75) is 46.6 Å². The maximum Gasteiger partial charge on any atom is 0.276 e. The molecule has 0 saturated carbocycles. The van der Waals surface area contributed by atoms with Gasteiger partial charge in [-0.2, -0.15) is 0 Å². The molecular weight excluding hydrogens is 553 g/mol. The largest absolute Gasteiger partial charge is 0.392 e. The third-order valence-corrected chi connectivity index (χ3v) is 7.81. The standard InChI is InChI=1S/C23H22Cl3N3O4S2/c1-13-28-29-22(35-13)34-12-18-10-19(15-7-5-14(11-30)6-8-15)33-20(32-18)16-3-2-4-17(9-16)27-21(31)23(24,25)26/h2-9,18-20,30H,10-12H2,1H3,(H,27,31)/t18-,19+,20+/m0/s1. The Kier molecular flexibility index (Phi) is 8.94. The molecule has 2 aromatic carbocycles. The number of amides is 1. The van der Waals surface area contributed by atoms with Crippen molar-refractivity contribution < 1.29 is 19.4 Å². The molecule has 12 heteroatoms. The van der Waals surface area contributed by atoms with Crippen LogP contribution < -0.4 is 5.32 Å². The van der Waals surface area contributed by atoms with E-state index in [0.717, 1.165) is 20.5 Å². The summed E-state index contributed by atoms with van der Waals surface area (Å²) < 4.78 is 11.4. The van der Waals surface area contributed by atoms with E-state index in [-0.39, 0.29) is 18.8 Å². The Morgan fingerprint density at radius 2 is 1.94 bits per heavy atom. The fraction of sp³-hybridized carbons (Fsp3) is 0.348. The normalized spacial score (nSPS) is 20.5. The van der Waals surface area contributed by atoms with E-state index in [4.69, 9.17) is 44.3 Å². The second kappa shape index (κ2) is 11.7. The lowest BCUT2D eigenvalue weighted by Crippen LogP contribution is -2.31. The molecule has 3 atom stereocenters. The molecule has 0 spiro atoms. The number of aliphatic hydroxyl groups excluding tert-OH is 1. The Balaban J connectivity index is 1.54. The molecule has 35 heavy (non-hydrogen) atoms. The third-order valence-electron chi connectivity index (χ3n) is 5.19. The first-order valence-corrected chi connectivity index (χ1v) is 13.6. The van der Waals surface area contributed by atoms with Crippen LogP contribution in [0.5, 0.6) is 0 Å². The minimum atomic E-state index is -2.08. The Morgan fingerprint density at radius 1 is 1.17 bits per heavy atom. The zero-order chi connectivity index (χ0) is 25.0. The number of ether oxygens (including phenoxy) is 2. The number of aliphatic hydroxyl groups is 1. The maximum absolute atomic E-state index is 12.1. The fourth-order valence-electron chi connectivity index (χ4n) is 3.49. The lowest BCUT2D eigenvalue weighted by molar-refractivity contribution is -0.245. The van der Waals surface area contributed by atoms with Crippen LogP contribution in [0.15, 0.2) is 52.9 Å². The molecule has 1 amide bonds. The van der Waals surface area contributed by atoms with Gasteiger partial charge in [0.05, 0.1) is 18.8 Å². The van der Waals surface area contributed by atoms with E-state index in [0.29, 0.717) is 23.4 Å². The lowest BCUT2D eigenvalue weighted by atomic mass is 10.0. The molecule has 4 rings (SSSR count). The molecule has 7 nitrogen and oxygen atoms in total. The SMILES string of the molecule is Cc1nnc(SC[C@@H]2C[C@H](c3ccc(CO)cc3)O[C@H](c3cccc(NC(=O)C(Cl)(Cl)Cl)c3)O2)s1. The molecule has 1 aliphatic rings. The van der Waals surface area contributed by atoms with Gasteiger partial charge in [0.15, 0.2) is 10.6 Å². The molecule has 0 radical (unpaired) electrons. The summed E-state index contributed by atoms with van der Waals surface area (Å²) >= 11 is 20.2. The molecule has 1 aromatic heterocycles. The number of aryl methyl sites for hydroxylation is 1. The van der Waals surface area contributed by atoms with Crippen LogP contribution in [-0.4, -0.2) is 36.9 Å². The van der Waals surface area contributed by atoms with E-state index in [1.807, 2.05) is 37.3 Å². The number of nitrogens with one attached hydrogen (secondary N) is 1. The highest BCUT2D eigenvalue weighted by molar-refractivity contribution is 8.01. The number of rotatable bonds is 7. The number of carbonyl (C=O) groups excluding carboxylic acids is 1. The first-order chi connectivity index (χ1) is 16.7. The number of alkyl halides is 3. The fourth-order valence-corrected chi connectivity index (χ4v) is 5.49. The molecular formula is C23H22Cl3N3O4S2. The first kappa shape index (κ1) is 26.6. The number of hydrogen-bond acceptors (Lipinski definition) is 8. The van der Waals surface area contributed by atoms with Gasteiger partial charge in [-0.25, -0.2) is 0 Å². The molecule has 1 fully saturated rings. The van der Waals surface area contributed by atoms with Crippen molar-refractivity contribution in [3.8, 4) is 0 Å². The summed E-state index contributed by atoms with van der Waals surface area (Å²) in [6.45, 7) is 1.90. The average molecular weight is 575 g/mol. The summed E-state index contributed by atoms with van der Waals surface area (Å²) in [5.74, 6) is -0.0859. The minimum absolute atomic E-state index is 0.0230. The van der Waals surface area contributed by atoms with E-state index in [1.54, 1.807) is 41.3 Å². The van der Waals surface area contributed by atoms with Crippen LogP contribution in [0.3, 0.4) is 0 Å². The number of anilines is 1. The van der Waals surface area contributed by atoms with Crippen LogP contribution in [0.2, 0.25) is 0 Å². The number of aromatic nitrogens is 2. The van der Waals surface area contributed by atoms with Crippen LogP contribution in [0.4, 0.5) is 5.69 Å². The van der Waals surface area contributed by atoms with Gasteiger partial charge >= 0.3 is 0 Å². The maximum atomic E-state index is 12.1. The van der Waals surface area contributed by atoms with Crippen molar-refractivity contribution in [1.29, 1.82) is 0 Å². The number of thioether (sulfide) groups is 1. The van der Waals surface area contributed by atoms with Crippen LogP contribution >= 0.6 is 57.9 Å². The number of nitrogens with zero attached hydrogens (tertiary/aromatic N) is 2. The summed E-state index contributed by atoms with van der Waals surface area (Å²) in [6.07, 6.45) is -0.408. The first-order valence-electron chi connectivity index (χ1n) is 10.6.